The van der Waals surface area contributed by atoms with E-state index in [0.29, 0.717) is 0 Å². The van der Waals surface area contributed by atoms with Crippen LogP contribution in [-0.2, 0) is 10.2 Å². The van der Waals surface area contributed by atoms with Gasteiger partial charge in [-0.15, -0.1) is 11.8 Å². The molecule has 1 rings (SSSR count). The molecule has 1 atom stereocenters. The molecule has 0 aliphatic heterocycles. The highest BCUT2D eigenvalue weighted by Gasteiger charge is 2.20. The molecule has 106 valence electrons. The number of hydrogen-bond acceptors (Lipinski definition) is 4. The summed E-state index contributed by atoms with van der Waals surface area (Å²) >= 11 is 1.41. The van der Waals surface area contributed by atoms with Gasteiger partial charge >= 0.3 is 0 Å². The largest absolute Gasteiger partial charge is 0.308 e. The smallest absolute Gasteiger partial charge is 0.165 e. The van der Waals surface area contributed by atoms with Gasteiger partial charge in [-0.2, -0.15) is 5.26 Å². The Morgan fingerprint density at radius 3 is 2.30 bits per heavy atom. The summed E-state index contributed by atoms with van der Waals surface area (Å²) in [7, 11) is 0. The summed E-state index contributed by atoms with van der Waals surface area (Å²) < 4.78 is 0. The highest BCUT2D eigenvalue weighted by atomic mass is 32.2. The number of carbonyl (C=O) groups is 1. The minimum absolute atomic E-state index is 0.112. The number of Topliss-reactive ketones (excluding diaryl/α,β-unsaturated/α-hetero) is 1. The van der Waals surface area contributed by atoms with Crippen LogP contribution >= 0.6 is 11.8 Å². The number of rotatable bonds is 5. The fraction of sp³-hybridized carbons (Fsp3) is 0.438. The molecule has 1 aromatic carbocycles. The number of thioether (sulfide) groups is 1. The van der Waals surface area contributed by atoms with Gasteiger partial charge in [0, 0.05) is 10.6 Å². The highest BCUT2D eigenvalue weighted by Crippen LogP contribution is 2.26. The van der Waals surface area contributed by atoms with Crippen molar-refractivity contribution in [3.8, 4) is 6.07 Å². The van der Waals surface area contributed by atoms with Gasteiger partial charge in [0.15, 0.2) is 5.78 Å². The van der Waals surface area contributed by atoms with E-state index in [2.05, 4.69) is 32.9 Å². The lowest BCUT2D eigenvalue weighted by atomic mass is 9.87. The van der Waals surface area contributed by atoms with Crippen molar-refractivity contribution in [3.05, 3.63) is 29.8 Å². The van der Waals surface area contributed by atoms with Crippen LogP contribution in [0.5, 0.6) is 0 Å². The fourth-order valence-electron chi connectivity index (χ4n) is 1.70. The van der Waals surface area contributed by atoms with Crippen LogP contribution in [0.25, 0.3) is 0 Å². The second kappa shape index (κ2) is 6.71. The number of nitrogens with one attached hydrogen (secondary N) is 1. The Kier molecular flexibility index (Phi) is 5.52. The first-order valence-corrected chi connectivity index (χ1v) is 7.45. The number of nitriles is 1. The van der Waals surface area contributed by atoms with Crippen LogP contribution < -0.4 is 0 Å². The maximum absolute atomic E-state index is 11.8. The van der Waals surface area contributed by atoms with Gasteiger partial charge in [-0.3, -0.25) is 4.79 Å². The number of nitrogens with zero attached hydrogens (tertiary/aromatic N) is 1. The van der Waals surface area contributed by atoms with Gasteiger partial charge in [0.2, 0.25) is 0 Å². The lowest BCUT2D eigenvalue weighted by Crippen LogP contribution is -2.21. The Balaban J connectivity index is 2.65. The molecule has 0 heterocycles. The first kappa shape index (κ1) is 16.5. The van der Waals surface area contributed by atoms with Crippen molar-refractivity contribution in [1.29, 1.82) is 10.7 Å². The van der Waals surface area contributed by atoms with E-state index < -0.39 is 5.92 Å². The molecule has 0 radical (unpaired) electrons. The van der Waals surface area contributed by atoms with Crippen molar-refractivity contribution >= 4 is 23.3 Å². The van der Waals surface area contributed by atoms with Crippen LogP contribution in [0.4, 0.5) is 0 Å². The van der Waals surface area contributed by atoms with E-state index in [1.54, 1.807) is 0 Å². The van der Waals surface area contributed by atoms with Crippen molar-refractivity contribution in [2.24, 2.45) is 5.92 Å². The molecule has 0 bridgehead atoms. The molecule has 0 aliphatic rings. The van der Waals surface area contributed by atoms with Gasteiger partial charge in [0.05, 0.1) is 11.8 Å². The van der Waals surface area contributed by atoms with Crippen LogP contribution in [0.1, 0.15) is 33.3 Å². The molecule has 0 saturated carbocycles. The maximum Gasteiger partial charge on any atom is 0.165 e. The van der Waals surface area contributed by atoms with Gasteiger partial charge in [0.25, 0.3) is 0 Å². The standard InChI is InChI=1S/C16H20N2OS/c1-11(18)14(9-17)15(19)10-20-13-7-5-12(6-8-13)16(2,3)4/h5-8,14,18H,10H2,1-4H3. The number of hydrogen-bond donors (Lipinski definition) is 1. The first-order valence-electron chi connectivity index (χ1n) is 6.46. The van der Waals surface area contributed by atoms with Crippen molar-refractivity contribution in [2.45, 2.75) is 38.0 Å². The van der Waals surface area contributed by atoms with E-state index in [9.17, 15) is 4.79 Å². The number of benzene rings is 1. The quantitative estimate of drug-likeness (QED) is 0.661. The van der Waals surface area contributed by atoms with Crippen LogP contribution in [0, 0.1) is 22.7 Å². The van der Waals surface area contributed by atoms with E-state index in [4.69, 9.17) is 10.7 Å². The molecular weight excluding hydrogens is 268 g/mol. The minimum Gasteiger partial charge on any atom is -0.308 e. The van der Waals surface area contributed by atoms with Gasteiger partial charge in [-0.05, 0) is 30.0 Å². The van der Waals surface area contributed by atoms with Crippen molar-refractivity contribution in [1.82, 2.24) is 0 Å². The molecule has 0 aromatic heterocycles. The zero-order valence-corrected chi connectivity index (χ0v) is 13.2. The van der Waals surface area contributed by atoms with E-state index in [-0.39, 0.29) is 22.7 Å². The first-order chi connectivity index (χ1) is 9.25. The molecule has 0 amide bonds. The summed E-state index contributed by atoms with van der Waals surface area (Å²) in [6.45, 7) is 7.96. The van der Waals surface area contributed by atoms with E-state index in [0.717, 1.165) is 4.90 Å². The molecule has 20 heavy (non-hydrogen) atoms. The van der Waals surface area contributed by atoms with E-state index in [1.807, 2.05) is 18.2 Å². The Morgan fingerprint density at radius 2 is 1.90 bits per heavy atom. The summed E-state index contributed by atoms with van der Waals surface area (Å²) in [4.78, 5) is 12.8. The molecule has 3 nitrogen and oxygen atoms in total. The second-order valence-electron chi connectivity index (χ2n) is 5.77. The third-order valence-corrected chi connectivity index (χ3v) is 4.02. The van der Waals surface area contributed by atoms with Gasteiger partial charge in [-0.1, -0.05) is 32.9 Å². The SMILES string of the molecule is CC(=N)C(C#N)C(=O)CSc1ccc(C(C)(C)C)cc1. The van der Waals surface area contributed by atoms with Gasteiger partial charge in [0.1, 0.15) is 5.92 Å². The summed E-state index contributed by atoms with van der Waals surface area (Å²) in [6.07, 6.45) is 0. The van der Waals surface area contributed by atoms with E-state index >= 15 is 0 Å². The average Bonchev–Trinajstić information content (AvgIpc) is 2.36. The number of ketones is 1. The van der Waals surface area contributed by atoms with Gasteiger partial charge < -0.3 is 5.41 Å². The lowest BCUT2D eigenvalue weighted by Gasteiger charge is -2.19. The summed E-state index contributed by atoms with van der Waals surface area (Å²) in [6, 6.07) is 10.0. The Labute approximate surface area is 124 Å². The molecular formula is C16H20N2OS. The molecule has 0 aliphatic carbocycles. The topological polar surface area (TPSA) is 64.7 Å². The molecule has 0 fully saturated rings. The molecule has 1 N–H and O–H groups in total. The van der Waals surface area contributed by atoms with Crippen LogP contribution in [-0.4, -0.2) is 17.2 Å². The molecule has 1 unspecified atom stereocenters. The van der Waals surface area contributed by atoms with Crippen LogP contribution in [0.3, 0.4) is 0 Å². The fourth-order valence-corrected chi connectivity index (χ4v) is 2.50. The third-order valence-electron chi connectivity index (χ3n) is 2.99. The summed E-state index contributed by atoms with van der Waals surface area (Å²) in [5.41, 5.74) is 1.47. The monoisotopic (exact) mass is 288 g/mol. The van der Waals surface area contributed by atoms with Crippen LogP contribution in [0.15, 0.2) is 29.2 Å². The Bertz CT molecular complexity index is 535. The molecule has 1 aromatic rings. The van der Waals surface area contributed by atoms with Crippen molar-refractivity contribution in [3.63, 3.8) is 0 Å². The second-order valence-corrected chi connectivity index (χ2v) is 6.82. The summed E-state index contributed by atoms with van der Waals surface area (Å²) in [5, 5.41) is 16.3. The maximum atomic E-state index is 11.8. The van der Waals surface area contributed by atoms with Crippen molar-refractivity contribution in [2.75, 3.05) is 5.75 Å². The summed E-state index contributed by atoms with van der Waals surface area (Å²) in [5.74, 6) is -0.884. The number of carbonyl (C=O) groups excluding carboxylic acids is 1. The minimum atomic E-state index is -0.906. The Morgan fingerprint density at radius 1 is 1.35 bits per heavy atom. The van der Waals surface area contributed by atoms with Gasteiger partial charge in [-0.25, -0.2) is 0 Å². The molecule has 4 heteroatoms. The van der Waals surface area contributed by atoms with Crippen LogP contribution in [0.2, 0.25) is 0 Å². The zero-order valence-electron chi connectivity index (χ0n) is 12.4. The highest BCUT2D eigenvalue weighted by molar-refractivity contribution is 8.00. The molecule has 0 spiro atoms. The van der Waals surface area contributed by atoms with Crippen molar-refractivity contribution < 1.29 is 4.79 Å². The molecule has 0 saturated heterocycles. The average molecular weight is 288 g/mol. The normalized spacial score (nSPS) is 12.6. The Hall–Kier alpha value is -1.60. The lowest BCUT2D eigenvalue weighted by molar-refractivity contribution is -0.117. The third kappa shape index (κ3) is 4.50. The van der Waals surface area contributed by atoms with E-state index in [1.165, 1.54) is 24.2 Å². The predicted octanol–water partition coefficient (Wildman–Crippen LogP) is 3.82. The predicted molar refractivity (Wildman–Crippen MR) is 83.4 cm³/mol. The zero-order chi connectivity index (χ0) is 15.3.